The fourth-order valence-corrected chi connectivity index (χ4v) is 0.707. The molecule has 0 aliphatic carbocycles. The number of H-pyrrole nitrogens is 1. The lowest BCUT2D eigenvalue weighted by molar-refractivity contribution is 0.269. The summed E-state index contributed by atoms with van der Waals surface area (Å²) in [7, 11) is 0. The minimum Gasteiger partial charge on any atom is -0.396 e. The van der Waals surface area contributed by atoms with Gasteiger partial charge >= 0.3 is 0 Å². The largest absolute Gasteiger partial charge is 0.396 e. The van der Waals surface area contributed by atoms with Crippen molar-refractivity contribution in [1.82, 2.24) is 15.2 Å². The molecule has 5 heteroatoms. The van der Waals surface area contributed by atoms with Gasteiger partial charge < -0.3 is 10.1 Å². The van der Waals surface area contributed by atoms with E-state index in [1.54, 1.807) is 6.92 Å². The minimum atomic E-state index is -0.290. The molecule has 0 aliphatic rings. The van der Waals surface area contributed by atoms with E-state index in [9.17, 15) is 4.79 Å². The van der Waals surface area contributed by atoms with E-state index in [4.69, 9.17) is 5.11 Å². The van der Waals surface area contributed by atoms with Gasteiger partial charge in [-0.25, -0.2) is 0 Å². The number of nitrogens with one attached hydrogen (secondary N) is 1. The maximum absolute atomic E-state index is 11.0. The van der Waals surface area contributed by atoms with Gasteiger partial charge in [0.1, 0.15) is 12.0 Å². The Labute approximate surface area is 63.1 Å². The molecule has 0 saturated carbocycles. The fraction of sp³-hybridized carbons (Fsp3) is 0.500. The molecule has 1 aromatic rings. The smallest absolute Gasteiger partial charge is 0.273 e. The maximum atomic E-state index is 11.0. The van der Waals surface area contributed by atoms with Crippen molar-refractivity contribution in [1.29, 1.82) is 0 Å². The summed E-state index contributed by atoms with van der Waals surface area (Å²) in [5.41, 5.74) is -0.0171. The Hall–Kier alpha value is -1.23. The van der Waals surface area contributed by atoms with Crippen molar-refractivity contribution in [3.05, 3.63) is 22.4 Å². The van der Waals surface area contributed by atoms with Crippen molar-refractivity contribution in [3.63, 3.8) is 0 Å². The third-order valence-corrected chi connectivity index (χ3v) is 1.39. The average molecular weight is 155 g/mol. The van der Waals surface area contributed by atoms with Crippen LogP contribution in [0.2, 0.25) is 0 Å². The SMILES string of the molecule is CC(CO)c1nnc[nH]c1=O. The lowest BCUT2D eigenvalue weighted by Crippen LogP contribution is -2.19. The summed E-state index contributed by atoms with van der Waals surface area (Å²) in [6.45, 7) is 1.61. The van der Waals surface area contributed by atoms with Gasteiger partial charge in [0.15, 0.2) is 0 Å². The first-order valence-corrected chi connectivity index (χ1v) is 3.27. The monoisotopic (exact) mass is 155 g/mol. The van der Waals surface area contributed by atoms with Gasteiger partial charge in [0.2, 0.25) is 0 Å². The molecule has 0 saturated heterocycles. The third-order valence-electron chi connectivity index (χ3n) is 1.39. The van der Waals surface area contributed by atoms with Crippen LogP contribution in [0.4, 0.5) is 0 Å². The summed E-state index contributed by atoms with van der Waals surface area (Å²) in [4.78, 5) is 13.3. The molecule has 0 aliphatic heterocycles. The van der Waals surface area contributed by atoms with Crippen LogP contribution < -0.4 is 5.56 Å². The number of hydrogen-bond donors (Lipinski definition) is 2. The van der Waals surface area contributed by atoms with E-state index >= 15 is 0 Å². The normalized spacial score (nSPS) is 12.9. The molecule has 0 radical (unpaired) electrons. The Balaban J connectivity index is 3.03. The molecule has 0 fully saturated rings. The molecule has 1 atom stereocenters. The summed E-state index contributed by atoms with van der Waals surface area (Å²) in [5.74, 6) is -0.257. The van der Waals surface area contributed by atoms with E-state index < -0.39 is 0 Å². The van der Waals surface area contributed by atoms with Gasteiger partial charge in [-0.2, -0.15) is 0 Å². The van der Waals surface area contributed by atoms with Crippen molar-refractivity contribution in [2.24, 2.45) is 0 Å². The first-order valence-electron chi connectivity index (χ1n) is 3.27. The molecule has 1 rings (SSSR count). The zero-order valence-electron chi connectivity index (χ0n) is 6.11. The third kappa shape index (κ3) is 1.62. The number of hydrogen-bond acceptors (Lipinski definition) is 4. The molecule has 11 heavy (non-hydrogen) atoms. The van der Waals surface area contributed by atoms with E-state index in [2.05, 4.69) is 15.2 Å². The van der Waals surface area contributed by atoms with E-state index in [0.717, 1.165) is 0 Å². The van der Waals surface area contributed by atoms with Crippen LogP contribution in [0.5, 0.6) is 0 Å². The summed E-state index contributed by atoms with van der Waals surface area (Å²) in [5, 5.41) is 15.8. The molecule has 0 spiro atoms. The van der Waals surface area contributed by atoms with Gasteiger partial charge in [-0.05, 0) is 0 Å². The average Bonchev–Trinajstić information content (AvgIpc) is 2.04. The number of aliphatic hydroxyl groups excluding tert-OH is 1. The molecular formula is C6H9N3O2. The Morgan fingerprint density at radius 1 is 1.82 bits per heavy atom. The second-order valence-corrected chi connectivity index (χ2v) is 2.29. The predicted octanol–water partition coefficient (Wildman–Crippen LogP) is -0.739. The molecule has 1 aromatic heterocycles. The van der Waals surface area contributed by atoms with Gasteiger partial charge in [-0.1, -0.05) is 6.92 Å². The van der Waals surface area contributed by atoms with Crippen LogP contribution in [0.25, 0.3) is 0 Å². The Morgan fingerprint density at radius 3 is 3.09 bits per heavy atom. The van der Waals surface area contributed by atoms with Gasteiger partial charge in [0.25, 0.3) is 5.56 Å². The topological polar surface area (TPSA) is 78.9 Å². The van der Waals surface area contributed by atoms with E-state index in [-0.39, 0.29) is 23.8 Å². The van der Waals surface area contributed by atoms with Crippen molar-refractivity contribution < 1.29 is 5.11 Å². The number of rotatable bonds is 2. The first kappa shape index (κ1) is 7.87. The maximum Gasteiger partial charge on any atom is 0.273 e. The summed E-state index contributed by atoms with van der Waals surface area (Å²) >= 11 is 0. The zero-order valence-corrected chi connectivity index (χ0v) is 6.11. The van der Waals surface area contributed by atoms with Gasteiger partial charge in [-0.15, -0.1) is 10.2 Å². The number of aliphatic hydroxyl groups is 1. The quantitative estimate of drug-likeness (QED) is 0.589. The molecule has 1 heterocycles. The van der Waals surface area contributed by atoms with Crippen molar-refractivity contribution in [2.45, 2.75) is 12.8 Å². The summed E-state index contributed by atoms with van der Waals surface area (Å²) in [6.07, 6.45) is 1.22. The van der Waals surface area contributed by atoms with Crippen LogP contribution in [0, 0.1) is 0 Å². The number of nitrogens with zero attached hydrogens (tertiary/aromatic N) is 2. The van der Waals surface area contributed by atoms with Crippen LogP contribution >= 0.6 is 0 Å². The Kier molecular flexibility index (Phi) is 2.32. The predicted molar refractivity (Wildman–Crippen MR) is 38.2 cm³/mol. The van der Waals surface area contributed by atoms with E-state index in [0.29, 0.717) is 0 Å². The van der Waals surface area contributed by atoms with Crippen molar-refractivity contribution >= 4 is 0 Å². The first-order chi connectivity index (χ1) is 5.25. The molecule has 0 aromatic carbocycles. The van der Waals surface area contributed by atoms with Crippen LogP contribution in [0.3, 0.4) is 0 Å². The highest BCUT2D eigenvalue weighted by Gasteiger charge is 2.09. The van der Waals surface area contributed by atoms with Crippen LogP contribution in [-0.4, -0.2) is 26.9 Å². The minimum absolute atomic E-state index is 0.0955. The highest BCUT2D eigenvalue weighted by atomic mass is 16.3. The van der Waals surface area contributed by atoms with E-state index in [1.165, 1.54) is 6.33 Å². The summed E-state index contributed by atoms with van der Waals surface area (Å²) in [6, 6.07) is 0. The number of aromatic amines is 1. The highest BCUT2D eigenvalue weighted by molar-refractivity contribution is 4.99. The zero-order chi connectivity index (χ0) is 8.27. The van der Waals surface area contributed by atoms with Crippen molar-refractivity contribution in [2.75, 3.05) is 6.61 Å². The van der Waals surface area contributed by atoms with Crippen LogP contribution in [-0.2, 0) is 0 Å². The standard InChI is InChI=1S/C6H9N3O2/c1-4(2-10)5-6(11)7-3-8-9-5/h3-4,10H,2H2,1H3,(H,7,8,11). The molecule has 1 unspecified atom stereocenters. The van der Waals surface area contributed by atoms with Gasteiger partial charge in [0, 0.05) is 5.92 Å². The highest BCUT2D eigenvalue weighted by Crippen LogP contribution is 2.03. The van der Waals surface area contributed by atoms with Gasteiger partial charge in [-0.3, -0.25) is 4.79 Å². The molecular weight excluding hydrogens is 146 g/mol. The van der Waals surface area contributed by atoms with Crippen LogP contribution in [0.1, 0.15) is 18.5 Å². The fourth-order valence-electron chi connectivity index (χ4n) is 0.707. The second kappa shape index (κ2) is 3.25. The lowest BCUT2D eigenvalue weighted by Gasteiger charge is -2.02. The second-order valence-electron chi connectivity index (χ2n) is 2.29. The number of aromatic nitrogens is 3. The molecule has 60 valence electrons. The van der Waals surface area contributed by atoms with Gasteiger partial charge in [0.05, 0.1) is 6.61 Å². The molecule has 2 N–H and O–H groups in total. The lowest BCUT2D eigenvalue weighted by atomic mass is 10.1. The Bertz CT molecular complexity index is 283. The van der Waals surface area contributed by atoms with Crippen molar-refractivity contribution in [3.8, 4) is 0 Å². The summed E-state index contributed by atoms with van der Waals surface area (Å²) < 4.78 is 0. The van der Waals surface area contributed by atoms with E-state index in [1.807, 2.05) is 0 Å². The molecule has 5 nitrogen and oxygen atoms in total. The Morgan fingerprint density at radius 2 is 2.55 bits per heavy atom. The van der Waals surface area contributed by atoms with Crippen LogP contribution in [0.15, 0.2) is 11.1 Å². The molecule has 0 amide bonds. The molecule has 0 bridgehead atoms.